The molecular formula is C21H23BrN2O4. The first-order valence-electron chi connectivity index (χ1n) is 9.08. The van der Waals surface area contributed by atoms with Crippen molar-refractivity contribution in [1.82, 2.24) is 10.6 Å². The van der Waals surface area contributed by atoms with Gasteiger partial charge in [0.05, 0.1) is 14.2 Å². The van der Waals surface area contributed by atoms with Crippen molar-refractivity contribution in [3.8, 4) is 11.5 Å². The Kier molecular flexibility index (Phi) is 6.57. The fourth-order valence-corrected chi connectivity index (χ4v) is 3.38. The first-order chi connectivity index (χ1) is 13.5. The number of rotatable bonds is 8. The van der Waals surface area contributed by atoms with Gasteiger partial charge in [0.1, 0.15) is 22.0 Å². The zero-order chi connectivity index (χ0) is 20.1. The molecular weight excluding hydrogens is 424 g/mol. The Morgan fingerprint density at radius 2 is 1.71 bits per heavy atom. The van der Waals surface area contributed by atoms with Crippen molar-refractivity contribution in [2.45, 2.75) is 31.3 Å². The lowest BCUT2D eigenvalue weighted by molar-refractivity contribution is -0.123. The van der Waals surface area contributed by atoms with E-state index in [0.29, 0.717) is 28.0 Å². The van der Waals surface area contributed by atoms with Crippen LogP contribution in [0.1, 0.15) is 28.8 Å². The molecule has 0 spiro atoms. The molecule has 0 bridgehead atoms. The molecule has 3 rings (SSSR count). The minimum absolute atomic E-state index is 0.171. The molecule has 7 heteroatoms. The van der Waals surface area contributed by atoms with E-state index in [2.05, 4.69) is 26.6 Å². The molecule has 2 aromatic rings. The molecule has 0 saturated heterocycles. The SMILES string of the molecule is COc1cc(C(=O)NC(Cc2ccccc2)C(=O)NC2CC2)cc(OC)c1Br. The molecule has 0 heterocycles. The second kappa shape index (κ2) is 9.10. The zero-order valence-corrected chi connectivity index (χ0v) is 17.4. The fourth-order valence-electron chi connectivity index (χ4n) is 2.83. The highest BCUT2D eigenvalue weighted by atomic mass is 79.9. The second-order valence-corrected chi connectivity index (χ2v) is 7.49. The molecule has 0 aromatic heterocycles. The van der Waals surface area contributed by atoms with Crippen LogP contribution >= 0.6 is 15.9 Å². The van der Waals surface area contributed by atoms with Gasteiger partial charge in [-0.25, -0.2) is 0 Å². The maximum Gasteiger partial charge on any atom is 0.252 e. The average molecular weight is 447 g/mol. The molecule has 6 nitrogen and oxygen atoms in total. The van der Waals surface area contributed by atoms with Crippen LogP contribution in [0.5, 0.6) is 11.5 Å². The van der Waals surface area contributed by atoms with Gasteiger partial charge in [-0.05, 0) is 46.5 Å². The Morgan fingerprint density at radius 3 is 2.25 bits per heavy atom. The number of amides is 2. The van der Waals surface area contributed by atoms with E-state index in [1.165, 1.54) is 14.2 Å². The van der Waals surface area contributed by atoms with E-state index in [-0.39, 0.29) is 17.9 Å². The van der Waals surface area contributed by atoms with Crippen LogP contribution < -0.4 is 20.1 Å². The zero-order valence-electron chi connectivity index (χ0n) is 15.8. The van der Waals surface area contributed by atoms with Crippen molar-refractivity contribution in [1.29, 1.82) is 0 Å². The van der Waals surface area contributed by atoms with Crippen LogP contribution in [0.25, 0.3) is 0 Å². The quantitative estimate of drug-likeness (QED) is 0.652. The van der Waals surface area contributed by atoms with Gasteiger partial charge in [-0.1, -0.05) is 30.3 Å². The van der Waals surface area contributed by atoms with Gasteiger partial charge in [-0.15, -0.1) is 0 Å². The summed E-state index contributed by atoms with van der Waals surface area (Å²) in [6, 6.07) is 12.4. The standard InChI is InChI=1S/C21H23BrN2O4/c1-27-17-11-14(12-18(28-2)19(17)22)20(25)24-16(21(26)23-15-8-9-15)10-13-6-4-3-5-7-13/h3-7,11-12,15-16H,8-10H2,1-2H3,(H,23,26)(H,24,25). The molecule has 2 aromatic carbocycles. The third-order valence-electron chi connectivity index (χ3n) is 4.54. The van der Waals surface area contributed by atoms with Gasteiger partial charge in [-0.2, -0.15) is 0 Å². The number of halogens is 1. The largest absolute Gasteiger partial charge is 0.495 e. The summed E-state index contributed by atoms with van der Waals surface area (Å²) in [6.07, 6.45) is 2.38. The summed E-state index contributed by atoms with van der Waals surface area (Å²) in [6.45, 7) is 0. The van der Waals surface area contributed by atoms with E-state index in [9.17, 15) is 9.59 Å². The average Bonchev–Trinajstić information content (AvgIpc) is 3.52. The molecule has 1 fully saturated rings. The van der Waals surface area contributed by atoms with Crippen molar-refractivity contribution in [2.75, 3.05) is 14.2 Å². The summed E-state index contributed by atoms with van der Waals surface area (Å²) in [5.41, 5.74) is 1.33. The van der Waals surface area contributed by atoms with Crippen LogP contribution in [-0.4, -0.2) is 38.1 Å². The van der Waals surface area contributed by atoms with Gasteiger partial charge in [0.2, 0.25) is 5.91 Å². The molecule has 0 radical (unpaired) electrons. The number of hydrogen-bond donors (Lipinski definition) is 2. The van der Waals surface area contributed by atoms with Crippen LogP contribution in [0.15, 0.2) is 46.9 Å². The number of carbonyl (C=O) groups is 2. The Balaban J connectivity index is 1.80. The molecule has 1 saturated carbocycles. The van der Waals surface area contributed by atoms with Crippen LogP contribution in [0.3, 0.4) is 0 Å². The fraction of sp³-hybridized carbons (Fsp3) is 0.333. The van der Waals surface area contributed by atoms with Crippen LogP contribution in [0, 0.1) is 0 Å². The van der Waals surface area contributed by atoms with Crippen LogP contribution in [-0.2, 0) is 11.2 Å². The maximum atomic E-state index is 12.9. The number of ether oxygens (including phenoxy) is 2. The summed E-state index contributed by atoms with van der Waals surface area (Å²) >= 11 is 3.39. The summed E-state index contributed by atoms with van der Waals surface area (Å²) in [5.74, 6) is 0.421. The Bertz CT molecular complexity index is 828. The minimum Gasteiger partial charge on any atom is -0.495 e. The monoisotopic (exact) mass is 446 g/mol. The predicted molar refractivity (Wildman–Crippen MR) is 110 cm³/mol. The highest BCUT2D eigenvalue weighted by molar-refractivity contribution is 9.10. The van der Waals surface area contributed by atoms with Crippen LogP contribution in [0.4, 0.5) is 0 Å². The van der Waals surface area contributed by atoms with E-state index in [1.807, 2.05) is 30.3 Å². The second-order valence-electron chi connectivity index (χ2n) is 6.69. The molecule has 1 aliphatic rings. The first-order valence-corrected chi connectivity index (χ1v) is 9.87. The first kappa shape index (κ1) is 20.2. The summed E-state index contributed by atoms with van der Waals surface area (Å²) in [5, 5.41) is 5.83. The molecule has 1 aliphatic carbocycles. The summed E-state index contributed by atoms with van der Waals surface area (Å²) in [4.78, 5) is 25.6. The highest BCUT2D eigenvalue weighted by Gasteiger charge is 2.29. The Morgan fingerprint density at radius 1 is 1.11 bits per heavy atom. The number of nitrogens with one attached hydrogen (secondary N) is 2. The molecule has 28 heavy (non-hydrogen) atoms. The lowest BCUT2D eigenvalue weighted by Crippen LogP contribution is -2.48. The molecule has 2 N–H and O–H groups in total. The molecule has 1 atom stereocenters. The molecule has 1 unspecified atom stereocenters. The Hall–Kier alpha value is -2.54. The molecule has 148 valence electrons. The smallest absolute Gasteiger partial charge is 0.252 e. The number of methoxy groups -OCH3 is 2. The van der Waals surface area contributed by atoms with E-state index in [0.717, 1.165) is 18.4 Å². The van der Waals surface area contributed by atoms with Crippen molar-refractivity contribution >= 4 is 27.7 Å². The predicted octanol–water partition coefficient (Wildman–Crippen LogP) is 3.09. The normalized spacial score (nSPS) is 14.1. The maximum absolute atomic E-state index is 12.9. The van der Waals surface area contributed by atoms with Crippen molar-refractivity contribution in [3.05, 3.63) is 58.1 Å². The van der Waals surface area contributed by atoms with Crippen LogP contribution in [0.2, 0.25) is 0 Å². The summed E-state index contributed by atoms with van der Waals surface area (Å²) in [7, 11) is 3.03. The third kappa shape index (κ3) is 5.04. The highest BCUT2D eigenvalue weighted by Crippen LogP contribution is 2.35. The van der Waals surface area contributed by atoms with Gasteiger partial charge >= 0.3 is 0 Å². The van der Waals surface area contributed by atoms with Gasteiger partial charge in [0.25, 0.3) is 5.91 Å². The minimum atomic E-state index is -0.670. The van der Waals surface area contributed by atoms with Crippen molar-refractivity contribution in [3.63, 3.8) is 0 Å². The van der Waals surface area contributed by atoms with E-state index in [1.54, 1.807) is 12.1 Å². The lowest BCUT2D eigenvalue weighted by Gasteiger charge is -2.19. The van der Waals surface area contributed by atoms with Gasteiger partial charge in [-0.3, -0.25) is 9.59 Å². The van der Waals surface area contributed by atoms with Gasteiger partial charge in [0, 0.05) is 18.0 Å². The van der Waals surface area contributed by atoms with E-state index in [4.69, 9.17) is 9.47 Å². The van der Waals surface area contributed by atoms with E-state index >= 15 is 0 Å². The molecule has 0 aliphatic heterocycles. The van der Waals surface area contributed by atoms with Crippen molar-refractivity contribution < 1.29 is 19.1 Å². The molecule has 2 amide bonds. The number of carbonyl (C=O) groups excluding carboxylic acids is 2. The summed E-state index contributed by atoms with van der Waals surface area (Å²) < 4.78 is 11.2. The van der Waals surface area contributed by atoms with Gasteiger partial charge in [0.15, 0.2) is 0 Å². The third-order valence-corrected chi connectivity index (χ3v) is 5.32. The lowest BCUT2D eigenvalue weighted by atomic mass is 10.0. The van der Waals surface area contributed by atoms with E-state index < -0.39 is 6.04 Å². The topological polar surface area (TPSA) is 76.7 Å². The number of hydrogen-bond acceptors (Lipinski definition) is 4. The van der Waals surface area contributed by atoms with Crippen molar-refractivity contribution in [2.24, 2.45) is 0 Å². The number of benzene rings is 2. The van der Waals surface area contributed by atoms with Gasteiger partial charge < -0.3 is 20.1 Å². The Labute approximate surface area is 172 Å².